The van der Waals surface area contributed by atoms with Crippen molar-refractivity contribution in [1.82, 2.24) is 19.5 Å². The molecule has 0 amide bonds. The Morgan fingerprint density at radius 1 is 0.350 bits per heavy atom. The average Bonchev–Trinajstić information content (AvgIpc) is 3.59. The summed E-state index contributed by atoms with van der Waals surface area (Å²) in [5.74, 6) is 1.42. The van der Waals surface area contributed by atoms with E-state index < -0.39 is 0 Å². The maximum atomic E-state index is 14.8. The maximum absolute atomic E-state index is 14.8. The zero-order valence-electron chi connectivity index (χ0n) is 33.9. The van der Waals surface area contributed by atoms with E-state index >= 15 is 0 Å². The molecular formula is C55H41FN4. The van der Waals surface area contributed by atoms with Crippen LogP contribution in [0.1, 0.15) is 22.3 Å². The number of hydrogen-bond acceptors (Lipinski definition) is 3. The first-order valence-electron chi connectivity index (χ1n) is 20.3. The van der Waals surface area contributed by atoms with Crippen molar-refractivity contribution in [2.24, 2.45) is 0 Å². The van der Waals surface area contributed by atoms with Gasteiger partial charge in [0.1, 0.15) is 5.82 Å². The molecule has 288 valence electrons. The van der Waals surface area contributed by atoms with Crippen molar-refractivity contribution in [1.29, 1.82) is 0 Å². The molecule has 8 aromatic carbocycles. The van der Waals surface area contributed by atoms with E-state index in [4.69, 9.17) is 15.0 Å². The van der Waals surface area contributed by atoms with Gasteiger partial charge in [0, 0.05) is 27.5 Å². The Hall–Kier alpha value is -7.50. The van der Waals surface area contributed by atoms with Gasteiger partial charge in [-0.05, 0) is 110 Å². The lowest BCUT2D eigenvalue weighted by molar-refractivity contribution is 0.628. The highest BCUT2D eigenvalue weighted by atomic mass is 19.1. The molecule has 0 aliphatic heterocycles. The van der Waals surface area contributed by atoms with Crippen LogP contribution < -0.4 is 0 Å². The van der Waals surface area contributed by atoms with Gasteiger partial charge in [-0.2, -0.15) is 0 Å². The van der Waals surface area contributed by atoms with Crippen molar-refractivity contribution < 1.29 is 4.39 Å². The second-order valence-electron chi connectivity index (χ2n) is 15.8. The predicted molar refractivity (Wildman–Crippen MR) is 246 cm³/mol. The van der Waals surface area contributed by atoms with Gasteiger partial charge in [-0.25, -0.2) is 19.3 Å². The number of hydrogen-bond donors (Lipinski definition) is 0. The molecule has 0 saturated carbocycles. The van der Waals surface area contributed by atoms with E-state index in [0.29, 0.717) is 17.5 Å². The summed E-state index contributed by atoms with van der Waals surface area (Å²) in [6.07, 6.45) is 0. The first-order chi connectivity index (χ1) is 29.2. The van der Waals surface area contributed by atoms with E-state index in [1.807, 2.05) is 72.8 Å². The second-order valence-corrected chi connectivity index (χ2v) is 15.8. The molecule has 0 saturated heterocycles. The first kappa shape index (κ1) is 36.8. The maximum Gasteiger partial charge on any atom is 0.166 e. The molecular weight excluding hydrogens is 736 g/mol. The zero-order chi connectivity index (χ0) is 40.9. The Bertz CT molecular complexity index is 3050. The van der Waals surface area contributed by atoms with Crippen LogP contribution in [0.25, 0.3) is 95.0 Å². The summed E-state index contributed by atoms with van der Waals surface area (Å²) >= 11 is 0. The highest BCUT2D eigenvalue weighted by Crippen LogP contribution is 2.41. The van der Waals surface area contributed by atoms with E-state index in [9.17, 15) is 4.39 Å². The van der Waals surface area contributed by atoms with E-state index in [1.54, 1.807) is 12.1 Å². The number of aromatic nitrogens is 4. The number of aryl methyl sites for hydroxylation is 4. The van der Waals surface area contributed by atoms with Gasteiger partial charge in [-0.3, -0.25) is 0 Å². The van der Waals surface area contributed by atoms with Gasteiger partial charge in [0.2, 0.25) is 0 Å². The Morgan fingerprint density at radius 2 is 0.783 bits per heavy atom. The molecule has 0 aliphatic carbocycles. The van der Waals surface area contributed by atoms with Crippen LogP contribution in [0.15, 0.2) is 176 Å². The summed E-state index contributed by atoms with van der Waals surface area (Å²) in [6.45, 7) is 8.60. The summed E-state index contributed by atoms with van der Waals surface area (Å²) < 4.78 is 17.1. The molecule has 4 nitrogen and oxygen atoms in total. The topological polar surface area (TPSA) is 43.6 Å². The summed E-state index contributed by atoms with van der Waals surface area (Å²) in [7, 11) is 0. The van der Waals surface area contributed by atoms with Crippen LogP contribution in [-0.4, -0.2) is 19.5 Å². The number of nitrogens with zero attached hydrogens (tertiary/aromatic N) is 4. The number of rotatable bonds is 7. The number of benzene rings is 8. The highest BCUT2D eigenvalue weighted by Gasteiger charge is 2.21. The third-order valence-electron chi connectivity index (χ3n) is 11.2. The lowest BCUT2D eigenvalue weighted by Crippen LogP contribution is -2.04. The number of fused-ring (bicyclic) bond motifs is 3. The molecule has 2 heterocycles. The molecule has 10 aromatic rings. The molecule has 10 rings (SSSR count). The standard InChI is InChI=1S/C55H41FN4/c1-34-24-35(2)27-44(26-34)41-19-22-50-48(31-41)49-32-42(45-28-36(3)25-37(4)29-45)20-23-51(49)60(50)52-33-43(40-16-11-17-46(56)30-40)18-21-47(52)55-58-53(38-12-7-5-8-13-38)57-54(59-55)39-14-9-6-10-15-39/h5-33H,1-4H3. The molecule has 60 heavy (non-hydrogen) atoms. The number of halogens is 1. The molecule has 0 atom stereocenters. The Morgan fingerprint density at radius 3 is 1.28 bits per heavy atom. The van der Waals surface area contributed by atoms with Gasteiger partial charge < -0.3 is 4.57 Å². The van der Waals surface area contributed by atoms with Gasteiger partial charge in [0.15, 0.2) is 17.5 Å². The van der Waals surface area contributed by atoms with Crippen LogP contribution in [0.2, 0.25) is 0 Å². The third-order valence-corrected chi connectivity index (χ3v) is 11.2. The normalized spacial score (nSPS) is 11.4. The fraction of sp³-hybridized carbons (Fsp3) is 0.0727. The summed E-state index contributed by atoms with van der Waals surface area (Å²) in [6, 6.07) is 60.1. The molecule has 0 bridgehead atoms. The van der Waals surface area contributed by atoms with Crippen LogP contribution in [0.3, 0.4) is 0 Å². The molecule has 5 heteroatoms. The van der Waals surface area contributed by atoms with Crippen LogP contribution in [0.4, 0.5) is 4.39 Å². The molecule has 0 aliphatic rings. The van der Waals surface area contributed by atoms with Gasteiger partial charge in [0.25, 0.3) is 0 Å². The predicted octanol–water partition coefficient (Wildman–Crippen LogP) is 14.3. The first-order valence-corrected chi connectivity index (χ1v) is 20.3. The van der Waals surface area contributed by atoms with E-state index in [1.165, 1.54) is 39.4 Å². The van der Waals surface area contributed by atoms with Crippen LogP contribution >= 0.6 is 0 Å². The monoisotopic (exact) mass is 776 g/mol. The van der Waals surface area contributed by atoms with E-state index in [0.717, 1.165) is 66.4 Å². The third kappa shape index (κ3) is 6.94. The minimum absolute atomic E-state index is 0.287. The minimum Gasteiger partial charge on any atom is -0.308 e. The van der Waals surface area contributed by atoms with Gasteiger partial charge in [0.05, 0.1) is 16.7 Å². The average molecular weight is 777 g/mol. The van der Waals surface area contributed by atoms with Gasteiger partial charge in [-0.1, -0.05) is 150 Å². The largest absolute Gasteiger partial charge is 0.308 e. The summed E-state index contributed by atoms with van der Waals surface area (Å²) in [4.78, 5) is 15.4. The van der Waals surface area contributed by atoms with Gasteiger partial charge >= 0.3 is 0 Å². The van der Waals surface area contributed by atoms with Crippen LogP contribution in [0.5, 0.6) is 0 Å². The molecule has 0 N–H and O–H groups in total. The van der Waals surface area contributed by atoms with Gasteiger partial charge in [-0.15, -0.1) is 0 Å². The fourth-order valence-corrected chi connectivity index (χ4v) is 8.61. The Labute approximate surface area is 349 Å². The van der Waals surface area contributed by atoms with Crippen molar-refractivity contribution >= 4 is 21.8 Å². The van der Waals surface area contributed by atoms with Crippen LogP contribution in [0, 0.1) is 33.5 Å². The lowest BCUT2D eigenvalue weighted by Gasteiger charge is -2.17. The summed E-state index contributed by atoms with van der Waals surface area (Å²) in [5.41, 5.74) is 16.8. The molecule has 0 spiro atoms. The van der Waals surface area contributed by atoms with Crippen LogP contribution in [-0.2, 0) is 0 Å². The van der Waals surface area contributed by atoms with Crippen molar-refractivity contribution in [3.8, 4) is 73.2 Å². The zero-order valence-corrected chi connectivity index (χ0v) is 33.9. The highest BCUT2D eigenvalue weighted by molar-refractivity contribution is 6.12. The SMILES string of the molecule is Cc1cc(C)cc(-c2ccc3c(c2)c2cc(-c4cc(C)cc(C)c4)ccc2n3-c2cc(-c3cccc(F)c3)ccc2-c2nc(-c3ccccc3)nc(-c3ccccc3)n2)c1. The Balaban J connectivity index is 1.29. The molecule has 0 unspecified atom stereocenters. The summed E-state index contributed by atoms with van der Waals surface area (Å²) in [5, 5.41) is 2.25. The molecule has 0 fully saturated rings. The lowest BCUT2D eigenvalue weighted by atomic mass is 9.97. The fourth-order valence-electron chi connectivity index (χ4n) is 8.61. The quantitative estimate of drug-likeness (QED) is 0.162. The molecule has 2 aromatic heterocycles. The molecule has 0 radical (unpaired) electrons. The van der Waals surface area contributed by atoms with Crippen molar-refractivity contribution in [3.05, 3.63) is 204 Å². The van der Waals surface area contributed by atoms with Crippen molar-refractivity contribution in [3.63, 3.8) is 0 Å². The Kier molecular flexibility index (Phi) is 9.22. The smallest absolute Gasteiger partial charge is 0.166 e. The van der Waals surface area contributed by atoms with E-state index in [2.05, 4.69) is 117 Å². The van der Waals surface area contributed by atoms with Crippen molar-refractivity contribution in [2.75, 3.05) is 0 Å². The van der Waals surface area contributed by atoms with E-state index in [-0.39, 0.29) is 5.82 Å². The van der Waals surface area contributed by atoms with Crippen molar-refractivity contribution in [2.45, 2.75) is 27.7 Å². The minimum atomic E-state index is -0.287. The second kappa shape index (κ2) is 15.0.